The predicted molar refractivity (Wildman–Crippen MR) is 103 cm³/mol. The van der Waals surface area contributed by atoms with Crippen molar-refractivity contribution in [3.05, 3.63) is 11.6 Å². The van der Waals surface area contributed by atoms with Crippen molar-refractivity contribution < 1.29 is 34.0 Å². The van der Waals surface area contributed by atoms with Crippen molar-refractivity contribution >= 4 is 23.5 Å². The number of esters is 1. The number of carboxylic acids is 1. The van der Waals surface area contributed by atoms with Crippen molar-refractivity contribution in [1.82, 2.24) is 0 Å². The molecule has 0 aromatic heterocycles. The van der Waals surface area contributed by atoms with E-state index in [2.05, 4.69) is 6.08 Å². The lowest BCUT2D eigenvalue weighted by atomic mass is 9.66. The zero-order valence-corrected chi connectivity index (χ0v) is 17.7. The van der Waals surface area contributed by atoms with Crippen LogP contribution in [0.5, 0.6) is 0 Å². The van der Waals surface area contributed by atoms with Crippen LogP contribution in [-0.4, -0.2) is 64.7 Å². The molecule has 8 heteroatoms. The van der Waals surface area contributed by atoms with Crippen LogP contribution in [0.3, 0.4) is 0 Å². The van der Waals surface area contributed by atoms with Gasteiger partial charge in [0.25, 0.3) is 0 Å². The highest BCUT2D eigenvalue weighted by molar-refractivity contribution is 6.18. The summed E-state index contributed by atoms with van der Waals surface area (Å²) in [5, 5.41) is 20.0. The van der Waals surface area contributed by atoms with Crippen molar-refractivity contribution in [3.8, 4) is 0 Å². The third kappa shape index (κ3) is 5.06. The Balaban J connectivity index is 2.18. The molecular weight excluding hydrogens is 388 g/mol. The molecule has 1 heterocycles. The number of alkyl halides is 1. The first-order valence-electron chi connectivity index (χ1n) is 9.61. The van der Waals surface area contributed by atoms with Crippen molar-refractivity contribution in [2.45, 2.75) is 82.4 Å². The molecule has 0 spiro atoms. The van der Waals surface area contributed by atoms with Gasteiger partial charge in [0.05, 0.1) is 36.3 Å². The summed E-state index contributed by atoms with van der Waals surface area (Å²) in [7, 11) is 1.51. The van der Waals surface area contributed by atoms with E-state index in [1.165, 1.54) is 12.7 Å². The van der Waals surface area contributed by atoms with Gasteiger partial charge < -0.3 is 24.4 Å². The molecule has 0 amide bonds. The SMILES string of the molecule is COC1C(OC(=O)CCC(=O)O)CCC(O)(CCl)C1C1(C)OC1CC=C(C)C. The zero-order chi connectivity index (χ0) is 21.1. The zero-order valence-electron chi connectivity index (χ0n) is 16.9. The molecule has 2 N–H and O–H groups in total. The topological polar surface area (TPSA) is 106 Å². The van der Waals surface area contributed by atoms with E-state index in [0.29, 0.717) is 19.3 Å². The predicted octanol–water partition coefficient (Wildman–Crippen LogP) is 2.67. The van der Waals surface area contributed by atoms with Crippen LogP contribution in [0.15, 0.2) is 11.6 Å². The van der Waals surface area contributed by atoms with Gasteiger partial charge in [0.2, 0.25) is 0 Å². The molecule has 2 fully saturated rings. The van der Waals surface area contributed by atoms with Crippen LogP contribution in [0.1, 0.15) is 52.9 Å². The van der Waals surface area contributed by atoms with Gasteiger partial charge in [0.15, 0.2) is 0 Å². The maximum absolute atomic E-state index is 12.1. The normalized spacial score (nSPS) is 37.2. The minimum absolute atomic E-state index is 0.0194. The second-order valence-electron chi connectivity index (χ2n) is 8.18. The van der Waals surface area contributed by atoms with Gasteiger partial charge in [0.1, 0.15) is 17.8 Å². The highest BCUT2D eigenvalue weighted by atomic mass is 35.5. The Kier molecular flexibility index (Phi) is 7.53. The standard InChI is InChI=1S/C20H31ClO7/c1-12(2)5-6-14-19(3,28-14)18-17(26-4)13(9-10-20(18,25)11-21)27-16(24)8-7-15(22)23/h5,13-14,17-18,25H,6-11H2,1-4H3,(H,22,23). The van der Waals surface area contributed by atoms with Crippen molar-refractivity contribution in [1.29, 1.82) is 0 Å². The summed E-state index contributed by atoms with van der Waals surface area (Å²) in [5.74, 6) is -2.11. The summed E-state index contributed by atoms with van der Waals surface area (Å²) in [6.07, 6.45) is 1.75. The molecule has 0 aromatic rings. The fourth-order valence-electron chi connectivity index (χ4n) is 4.26. The van der Waals surface area contributed by atoms with Crippen molar-refractivity contribution in [2.75, 3.05) is 13.0 Å². The number of allylic oxidation sites excluding steroid dienone is 1. The van der Waals surface area contributed by atoms with E-state index in [0.717, 1.165) is 0 Å². The molecule has 1 aliphatic heterocycles. The van der Waals surface area contributed by atoms with Gasteiger partial charge >= 0.3 is 11.9 Å². The smallest absolute Gasteiger partial charge is 0.306 e. The Morgan fingerprint density at radius 3 is 2.54 bits per heavy atom. The van der Waals surface area contributed by atoms with Crippen molar-refractivity contribution in [2.24, 2.45) is 5.92 Å². The van der Waals surface area contributed by atoms with Gasteiger partial charge in [-0.3, -0.25) is 9.59 Å². The second-order valence-corrected chi connectivity index (χ2v) is 8.45. The van der Waals surface area contributed by atoms with E-state index in [1.54, 1.807) is 0 Å². The van der Waals surface area contributed by atoms with Gasteiger partial charge in [-0.2, -0.15) is 0 Å². The van der Waals surface area contributed by atoms with Crippen LogP contribution >= 0.6 is 11.6 Å². The van der Waals surface area contributed by atoms with Crippen LogP contribution in [0.25, 0.3) is 0 Å². The first-order chi connectivity index (χ1) is 13.1. The summed E-state index contributed by atoms with van der Waals surface area (Å²) >= 11 is 6.14. The third-order valence-electron chi connectivity index (χ3n) is 5.80. The van der Waals surface area contributed by atoms with Gasteiger partial charge in [0, 0.05) is 7.11 Å². The Hall–Kier alpha value is -1.15. The number of methoxy groups -OCH3 is 1. The largest absolute Gasteiger partial charge is 0.481 e. The van der Waals surface area contributed by atoms with Crippen LogP contribution in [0.2, 0.25) is 0 Å². The maximum atomic E-state index is 12.1. The molecular formula is C20H31ClO7. The Morgan fingerprint density at radius 2 is 2.00 bits per heavy atom. The van der Waals surface area contributed by atoms with Gasteiger partial charge in [-0.25, -0.2) is 0 Å². The van der Waals surface area contributed by atoms with Gasteiger partial charge in [-0.15, -0.1) is 11.6 Å². The molecule has 6 atom stereocenters. The second kappa shape index (κ2) is 9.11. The molecule has 0 aromatic carbocycles. The molecule has 1 saturated heterocycles. The average Bonchev–Trinajstić information content (AvgIpc) is 3.30. The maximum Gasteiger partial charge on any atom is 0.306 e. The number of carbonyl (C=O) groups excluding carboxylic acids is 1. The number of epoxide rings is 1. The minimum atomic E-state index is -1.21. The lowest BCUT2D eigenvalue weighted by Gasteiger charge is -2.48. The summed E-state index contributed by atoms with van der Waals surface area (Å²) < 4.78 is 17.2. The van der Waals surface area contributed by atoms with E-state index in [-0.39, 0.29) is 24.8 Å². The molecule has 1 aliphatic carbocycles. The van der Waals surface area contributed by atoms with E-state index in [1.807, 2.05) is 20.8 Å². The minimum Gasteiger partial charge on any atom is -0.481 e. The highest BCUT2D eigenvalue weighted by Crippen LogP contribution is 2.54. The first kappa shape index (κ1) is 23.1. The summed E-state index contributed by atoms with van der Waals surface area (Å²) in [6, 6.07) is 0. The summed E-state index contributed by atoms with van der Waals surface area (Å²) in [6.45, 7) is 5.96. The van der Waals surface area contributed by atoms with Crippen LogP contribution in [-0.2, 0) is 23.8 Å². The lowest BCUT2D eigenvalue weighted by molar-refractivity contribution is -0.193. The number of hydrogen-bond acceptors (Lipinski definition) is 6. The molecule has 6 unspecified atom stereocenters. The lowest BCUT2D eigenvalue weighted by Crippen LogP contribution is -2.61. The van der Waals surface area contributed by atoms with E-state index >= 15 is 0 Å². The number of halogens is 1. The van der Waals surface area contributed by atoms with E-state index in [9.17, 15) is 14.7 Å². The quantitative estimate of drug-likeness (QED) is 0.256. The average molecular weight is 419 g/mol. The van der Waals surface area contributed by atoms with Crippen LogP contribution in [0, 0.1) is 5.92 Å². The molecule has 7 nitrogen and oxygen atoms in total. The molecule has 0 radical (unpaired) electrons. The first-order valence-corrected chi connectivity index (χ1v) is 10.1. The fraction of sp³-hybridized carbons (Fsp3) is 0.800. The Labute approximate surface area is 171 Å². The number of ether oxygens (including phenoxy) is 3. The molecule has 28 heavy (non-hydrogen) atoms. The number of carboxylic acid groups (broad SMARTS) is 1. The van der Waals surface area contributed by atoms with Crippen LogP contribution < -0.4 is 0 Å². The molecule has 160 valence electrons. The number of rotatable bonds is 9. The molecule has 1 saturated carbocycles. The molecule has 2 rings (SSSR count). The Bertz CT molecular complexity index is 618. The highest BCUT2D eigenvalue weighted by Gasteiger charge is 2.67. The van der Waals surface area contributed by atoms with Crippen molar-refractivity contribution in [3.63, 3.8) is 0 Å². The molecule has 2 aliphatic rings. The number of aliphatic hydroxyl groups is 1. The van der Waals surface area contributed by atoms with E-state index < -0.39 is 41.3 Å². The molecule has 0 bridgehead atoms. The van der Waals surface area contributed by atoms with Crippen LogP contribution in [0.4, 0.5) is 0 Å². The number of hydrogen-bond donors (Lipinski definition) is 2. The number of carbonyl (C=O) groups is 2. The number of aliphatic carboxylic acids is 1. The third-order valence-corrected chi connectivity index (χ3v) is 6.26. The summed E-state index contributed by atoms with van der Waals surface area (Å²) in [4.78, 5) is 22.7. The van der Waals surface area contributed by atoms with Gasteiger partial charge in [-0.1, -0.05) is 11.6 Å². The Morgan fingerprint density at radius 1 is 1.32 bits per heavy atom. The summed E-state index contributed by atoms with van der Waals surface area (Å²) in [5.41, 5.74) is -0.675. The van der Waals surface area contributed by atoms with Gasteiger partial charge in [-0.05, 0) is 40.0 Å². The van der Waals surface area contributed by atoms with E-state index in [4.69, 9.17) is 30.9 Å². The fourth-order valence-corrected chi connectivity index (χ4v) is 4.56. The monoisotopic (exact) mass is 418 g/mol.